The van der Waals surface area contributed by atoms with Gasteiger partial charge in [0.25, 0.3) is 0 Å². The van der Waals surface area contributed by atoms with E-state index in [2.05, 4.69) is 27.9 Å². The van der Waals surface area contributed by atoms with Crippen LogP contribution in [0.25, 0.3) is 0 Å². The van der Waals surface area contributed by atoms with Crippen molar-refractivity contribution in [3.63, 3.8) is 0 Å². The number of hydrogen-bond acceptors (Lipinski definition) is 4. The van der Waals surface area contributed by atoms with Gasteiger partial charge in [0.05, 0.1) is 18.5 Å². The molecule has 8 heteroatoms. The van der Waals surface area contributed by atoms with Crippen molar-refractivity contribution in [2.45, 2.75) is 19.8 Å². The molecule has 0 aliphatic rings. The summed E-state index contributed by atoms with van der Waals surface area (Å²) in [6.07, 6.45) is 1.86. The molecule has 0 atom stereocenters. The summed E-state index contributed by atoms with van der Waals surface area (Å²) in [6, 6.07) is 15.0. The largest absolute Gasteiger partial charge is 0.492 e. The molecule has 2 aromatic rings. The fourth-order valence-electron chi connectivity index (χ4n) is 2.63. The first-order valence-electron chi connectivity index (χ1n) is 8.95. The summed E-state index contributed by atoms with van der Waals surface area (Å²) in [5.74, 6) is 0.652. The highest BCUT2D eigenvalue weighted by atomic mass is 127. The van der Waals surface area contributed by atoms with Gasteiger partial charge in [-0.05, 0) is 77.9 Å². The second kappa shape index (κ2) is 10.7. The Balaban J connectivity index is 1.74. The maximum absolute atomic E-state index is 12.1. The van der Waals surface area contributed by atoms with Gasteiger partial charge in [-0.2, -0.15) is 0 Å². The van der Waals surface area contributed by atoms with Gasteiger partial charge in [-0.25, -0.2) is 8.42 Å². The van der Waals surface area contributed by atoms with Crippen molar-refractivity contribution >= 4 is 44.2 Å². The lowest BCUT2D eigenvalue weighted by molar-refractivity contribution is -0.121. The molecule has 2 rings (SSSR count). The smallest absolute Gasteiger partial charge is 0.232 e. The van der Waals surface area contributed by atoms with Crippen LogP contribution in [0.1, 0.15) is 18.4 Å². The Kier molecular flexibility index (Phi) is 8.56. The first-order valence-corrected chi connectivity index (χ1v) is 11.9. The summed E-state index contributed by atoms with van der Waals surface area (Å²) in [5.41, 5.74) is 1.72. The average Bonchev–Trinajstić information content (AvgIpc) is 2.62. The van der Waals surface area contributed by atoms with Crippen LogP contribution >= 0.6 is 22.6 Å². The van der Waals surface area contributed by atoms with Crippen LogP contribution in [-0.4, -0.2) is 40.3 Å². The lowest BCUT2D eigenvalue weighted by Crippen LogP contribution is -2.32. The molecule has 0 fully saturated rings. The molecule has 0 aromatic heterocycles. The van der Waals surface area contributed by atoms with Crippen LogP contribution in [0, 0.1) is 10.5 Å². The third kappa shape index (κ3) is 7.67. The number of hydrogen-bond donors (Lipinski definition) is 1. The van der Waals surface area contributed by atoms with E-state index in [0.29, 0.717) is 25.3 Å². The molecule has 0 aliphatic carbocycles. The first-order chi connectivity index (χ1) is 13.3. The van der Waals surface area contributed by atoms with E-state index < -0.39 is 10.0 Å². The van der Waals surface area contributed by atoms with Gasteiger partial charge in [0.2, 0.25) is 15.9 Å². The fourth-order valence-corrected chi connectivity index (χ4v) is 3.95. The molecule has 0 unspecified atom stereocenters. The predicted octanol–water partition coefficient (Wildman–Crippen LogP) is 3.34. The molecule has 1 N–H and O–H groups in total. The van der Waals surface area contributed by atoms with Gasteiger partial charge >= 0.3 is 0 Å². The van der Waals surface area contributed by atoms with Crippen LogP contribution in [0.3, 0.4) is 0 Å². The van der Waals surface area contributed by atoms with Gasteiger partial charge < -0.3 is 10.1 Å². The van der Waals surface area contributed by atoms with Crippen molar-refractivity contribution in [1.29, 1.82) is 0 Å². The minimum atomic E-state index is -3.40. The maximum atomic E-state index is 12.1. The summed E-state index contributed by atoms with van der Waals surface area (Å²) >= 11 is 2.17. The van der Waals surface area contributed by atoms with Gasteiger partial charge in [0, 0.05) is 16.5 Å². The maximum Gasteiger partial charge on any atom is 0.232 e. The zero-order chi connectivity index (χ0) is 20.6. The number of halogens is 1. The standard InChI is InChI=1S/C20H25IN2O4S/c1-16-5-3-6-19(15-16)27-14-12-22-20(24)7-4-13-23(28(2,25)26)18-10-8-17(21)9-11-18/h3,5-6,8-11,15H,4,7,12-14H2,1-2H3,(H,22,24). The quantitative estimate of drug-likeness (QED) is 0.389. The number of rotatable bonds is 10. The van der Waals surface area contributed by atoms with E-state index in [1.807, 2.05) is 43.3 Å². The zero-order valence-corrected chi connectivity index (χ0v) is 19.0. The van der Waals surface area contributed by atoms with Crippen LogP contribution < -0.4 is 14.4 Å². The van der Waals surface area contributed by atoms with E-state index >= 15 is 0 Å². The van der Waals surface area contributed by atoms with Gasteiger partial charge in [-0.3, -0.25) is 9.10 Å². The number of nitrogens with zero attached hydrogens (tertiary/aromatic N) is 1. The number of anilines is 1. The monoisotopic (exact) mass is 516 g/mol. The van der Waals surface area contributed by atoms with E-state index in [0.717, 1.165) is 14.9 Å². The summed E-state index contributed by atoms with van der Waals surface area (Å²) in [5, 5.41) is 2.79. The number of carbonyl (C=O) groups is 1. The molecule has 0 heterocycles. The molecule has 0 saturated carbocycles. The first kappa shape index (κ1) is 22.5. The minimum Gasteiger partial charge on any atom is -0.492 e. The molecule has 152 valence electrons. The minimum absolute atomic E-state index is 0.121. The van der Waals surface area contributed by atoms with Crippen LogP contribution in [0.5, 0.6) is 5.75 Å². The lowest BCUT2D eigenvalue weighted by atomic mass is 10.2. The van der Waals surface area contributed by atoms with Crippen molar-refractivity contribution in [2.24, 2.45) is 0 Å². The molecule has 0 bridgehead atoms. The van der Waals surface area contributed by atoms with Crippen LogP contribution in [-0.2, 0) is 14.8 Å². The Hall–Kier alpha value is -1.81. The number of amides is 1. The van der Waals surface area contributed by atoms with Crippen molar-refractivity contribution < 1.29 is 17.9 Å². The molecular formula is C20H25IN2O4S. The molecule has 0 spiro atoms. The van der Waals surface area contributed by atoms with Crippen LogP contribution in [0.4, 0.5) is 5.69 Å². The Morgan fingerprint density at radius 2 is 1.89 bits per heavy atom. The van der Waals surface area contributed by atoms with Crippen molar-refractivity contribution in [1.82, 2.24) is 5.32 Å². The Morgan fingerprint density at radius 3 is 2.54 bits per heavy atom. The van der Waals surface area contributed by atoms with Crippen molar-refractivity contribution in [3.8, 4) is 5.75 Å². The topological polar surface area (TPSA) is 75.7 Å². The number of aryl methyl sites for hydroxylation is 1. The van der Waals surface area contributed by atoms with E-state index in [-0.39, 0.29) is 18.9 Å². The predicted molar refractivity (Wildman–Crippen MR) is 120 cm³/mol. The summed E-state index contributed by atoms with van der Waals surface area (Å²) < 4.78 is 32.1. The van der Waals surface area contributed by atoms with Gasteiger partial charge in [-0.15, -0.1) is 0 Å². The van der Waals surface area contributed by atoms with Crippen molar-refractivity contribution in [3.05, 3.63) is 57.7 Å². The highest BCUT2D eigenvalue weighted by Crippen LogP contribution is 2.19. The SMILES string of the molecule is Cc1cccc(OCCNC(=O)CCCN(c2ccc(I)cc2)S(C)(=O)=O)c1. The molecule has 28 heavy (non-hydrogen) atoms. The number of sulfonamides is 1. The highest BCUT2D eigenvalue weighted by molar-refractivity contribution is 14.1. The molecule has 6 nitrogen and oxygen atoms in total. The van der Waals surface area contributed by atoms with Crippen LogP contribution in [0.15, 0.2) is 48.5 Å². The Labute approximate surface area is 180 Å². The van der Waals surface area contributed by atoms with E-state index in [1.165, 1.54) is 10.6 Å². The summed E-state index contributed by atoms with van der Waals surface area (Å²) in [4.78, 5) is 12.0. The zero-order valence-electron chi connectivity index (χ0n) is 16.0. The fraction of sp³-hybridized carbons (Fsp3) is 0.350. The Bertz CT molecular complexity index is 885. The lowest BCUT2D eigenvalue weighted by Gasteiger charge is -2.22. The van der Waals surface area contributed by atoms with Gasteiger partial charge in [0.1, 0.15) is 12.4 Å². The number of carbonyl (C=O) groups excluding carboxylic acids is 1. The van der Waals surface area contributed by atoms with E-state index in [1.54, 1.807) is 12.1 Å². The molecule has 0 aliphatic heterocycles. The van der Waals surface area contributed by atoms with Crippen LogP contribution in [0.2, 0.25) is 0 Å². The third-order valence-corrected chi connectivity index (χ3v) is 5.88. The molecule has 2 aromatic carbocycles. The molecule has 0 radical (unpaired) electrons. The Morgan fingerprint density at radius 1 is 1.18 bits per heavy atom. The van der Waals surface area contributed by atoms with Crippen molar-refractivity contribution in [2.75, 3.05) is 30.3 Å². The molecule has 0 saturated heterocycles. The second-order valence-electron chi connectivity index (χ2n) is 6.43. The summed E-state index contributed by atoms with van der Waals surface area (Å²) in [6.45, 7) is 3.03. The molecule has 1 amide bonds. The average molecular weight is 516 g/mol. The highest BCUT2D eigenvalue weighted by Gasteiger charge is 2.17. The number of nitrogens with one attached hydrogen (secondary N) is 1. The van der Waals surface area contributed by atoms with E-state index in [9.17, 15) is 13.2 Å². The number of benzene rings is 2. The van der Waals surface area contributed by atoms with Gasteiger partial charge in [-0.1, -0.05) is 12.1 Å². The number of ether oxygens (including phenoxy) is 1. The summed E-state index contributed by atoms with van der Waals surface area (Å²) in [7, 11) is -3.40. The normalized spacial score (nSPS) is 11.1. The second-order valence-corrected chi connectivity index (χ2v) is 9.58. The third-order valence-electron chi connectivity index (χ3n) is 3.96. The van der Waals surface area contributed by atoms with E-state index in [4.69, 9.17) is 4.74 Å². The van der Waals surface area contributed by atoms with Gasteiger partial charge in [0.15, 0.2) is 0 Å². The molecular weight excluding hydrogens is 491 g/mol.